The van der Waals surface area contributed by atoms with E-state index in [4.69, 9.17) is 18.9 Å². The number of aromatic nitrogens is 4. The molecule has 0 amide bonds. The highest BCUT2D eigenvalue weighted by Gasteiger charge is 2.34. The van der Waals surface area contributed by atoms with Crippen molar-refractivity contribution in [2.45, 2.75) is 75.0 Å². The predicted molar refractivity (Wildman–Crippen MR) is 243 cm³/mol. The number of carboxylic acids is 1. The van der Waals surface area contributed by atoms with Crippen molar-refractivity contribution >= 4 is 26.0 Å². The summed E-state index contributed by atoms with van der Waals surface area (Å²) in [6.07, 6.45) is 2.93. The largest absolute Gasteiger partial charge is 0.497 e. The smallest absolute Gasteiger partial charge is 0.331 e. The maximum absolute atomic E-state index is 13.6. The zero-order chi connectivity index (χ0) is 47.6. The summed E-state index contributed by atoms with van der Waals surface area (Å²) in [6, 6.07) is 31.5. The Morgan fingerprint density at radius 1 is 0.523 bits per heavy atom. The molecule has 0 fully saturated rings. The van der Waals surface area contributed by atoms with Gasteiger partial charge in [-0.2, -0.15) is 18.8 Å². The van der Waals surface area contributed by atoms with Gasteiger partial charge in [-0.15, -0.1) is 0 Å². The monoisotopic (exact) mass is 932 g/mol. The van der Waals surface area contributed by atoms with E-state index in [1.54, 1.807) is 121 Å². The third-order valence-corrected chi connectivity index (χ3v) is 13.9. The molecule has 19 heteroatoms. The number of carbonyl (C=O) groups is 1. The summed E-state index contributed by atoms with van der Waals surface area (Å²) < 4.78 is 80.3. The van der Waals surface area contributed by atoms with Crippen LogP contribution >= 0.6 is 0 Å². The van der Waals surface area contributed by atoms with Gasteiger partial charge in [-0.25, -0.2) is 21.6 Å². The molecule has 0 spiro atoms. The molecule has 0 saturated heterocycles. The van der Waals surface area contributed by atoms with E-state index in [-0.39, 0.29) is 42.8 Å². The van der Waals surface area contributed by atoms with Crippen LogP contribution in [0.15, 0.2) is 132 Å². The molecule has 6 rings (SSSR count). The van der Waals surface area contributed by atoms with Crippen LogP contribution in [0.5, 0.6) is 23.0 Å². The number of aliphatic hydroxyl groups is 1. The lowest BCUT2D eigenvalue weighted by Gasteiger charge is -2.23. The maximum atomic E-state index is 13.6. The molecule has 6 aromatic rings. The molecule has 0 atom stereocenters. The fraction of sp³-hybridized carbons (Fsp3) is 0.326. The third kappa shape index (κ3) is 12.3. The van der Waals surface area contributed by atoms with Crippen LogP contribution in [0.3, 0.4) is 0 Å². The highest BCUT2D eigenvalue weighted by atomic mass is 32.2. The van der Waals surface area contributed by atoms with Crippen LogP contribution in [0.4, 0.5) is 0 Å². The van der Waals surface area contributed by atoms with Crippen molar-refractivity contribution in [2.24, 2.45) is 0 Å². The highest BCUT2D eigenvalue weighted by Crippen LogP contribution is 2.26. The van der Waals surface area contributed by atoms with E-state index < -0.39 is 37.1 Å². The lowest BCUT2D eigenvalue weighted by molar-refractivity contribution is -0.146. The molecule has 17 nitrogen and oxygen atoms in total. The van der Waals surface area contributed by atoms with Gasteiger partial charge in [0.25, 0.3) is 20.0 Å². The second-order valence-corrected chi connectivity index (χ2v) is 19.7. The number of aliphatic carboxylic acids is 1. The summed E-state index contributed by atoms with van der Waals surface area (Å²) in [4.78, 5) is 11.6. The van der Waals surface area contributed by atoms with E-state index in [0.29, 0.717) is 23.0 Å². The first-order valence-corrected chi connectivity index (χ1v) is 23.1. The van der Waals surface area contributed by atoms with E-state index in [9.17, 15) is 31.8 Å². The summed E-state index contributed by atoms with van der Waals surface area (Å²) >= 11 is 0. The number of sulfonamides is 2. The second kappa shape index (κ2) is 21.2. The van der Waals surface area contributed by atoms with Gasteiger partial charge in [0.1, 0.15) is 23.0 Å². The maximum Gasteiger partial charge on any atom is 0.331 e. The van der Waals surface area contributed by atoms with Crippen LogP contribution in [0.1, 0.15) is 49.9 Å². The van der Waals surface area contributed by atoms with Crippen molar-refractivity contribution in [2.75, 3.05) is 35.0 Å². The molecule has 2 N–H and O–H groups in total. The zero-order valence-corrected chi connectivity index (χ0v) is 39.3. The van der Waals surface area contributed by atoms with Crippen LogP contribution in [-0.4, -0.2) is 96.2 Å². The van der Waals surface area contributed by atoms with Gasteiger partial charge in [0.15, 0.2) is 15.6 Å². The van der Waals surface area contributed by atoms with E-state index in [2.05, 4.69) is 10.2 Å². The van der Waals surface area contributed by atoms with Crippen molar-refractivity contribution in [1.29, 1.82) is 0 Å². The molecule has 2 aromatic heterocycles. The number of nitrogens with zero attached hydrogens (tertiary/aromatic N) is 6. The fourth-order valence-corrected chi connectivity index (χ4v) is 8.82. The van der Waals surface area contributed by atoms with E-state index in [0.717, 1.165) is 26.9 Å². The minimum absolute atomic E-state index is 0.0685. The normalized spacial score (nSPS) is 12.1. The Morgan fingerprint density at radius 2 is 0.800 bits per heavy atom. The lowest BCUT2D eigenvalue weighted by atomic mass is 10.1. The quantitative estimate of drug-likeness (QED) is 0.0886. The van der Waals surface area contributed by atoms with Crippen molar-refractivity contribution in [3.05, 3.63) is 144 Å². The van der Waals surface area contributed by atoms with Gasteiger partial charge in [-0.05, 0) is 111 Å². The van der Waals surface area contributed by atoms with Gasteiger partial charge < -0.3 is 29.2 Å². The molecule has 4 aromatic carbocycles. The standard InChI is InChI=1S/C23H27N3O6S.C23H29N3O5S/c1-23(2,22(27)28)26-14-13-21(24-26)33(29,30)25(15-17-5-9-19(31-3)10-6-17)16-18-7-11-20(32-4)12-8-18;1-23(2,17-27)26-14-13-22(24-26)32(28,29)25(15-18-5-9-20(30-3)10-6-18)16-19-7-11-21(31-4)12-8-19/h5-14H,15-16H2,1-4H3,(H,27,28);5-14,27H,15-17H2,1-4H3. The molecule has 0 unspecified atom stereocenters. The number of carboxylic acid groups (broad SMARTS) is 1. The molecule has 65 heavy (non-hydrogen) atoms. The highest BCUT2D eigenvalue weighted by molar-refractivity contribution is 7.89. The zero-order valence-electron chi connectivity index (χ0n) is 37.7. The topological polar surface area (TPSA) is 205 Å². The van der Waals surface area contributed by atoms with Gasteiger partial charge in [-0.1, -0.05) is 48.5 Å². The molecule has 0 radical (unpaired) electrons. The summed E-state index contributed by atoms with van der Waals surface area (Å²) in [6.45, 7) is 6.79. The first kappa shape index (κ1) is 49.8. The summed E-state index contributed by atoms with van der Waals surface area (Å²) in [7, 11) is -1.68. The van der Waals surface area contributed by atoms with E-state index >= 15 is 0 Å². The summed E-state index contributed by atoms with van der Waals surface area (Å²) in [5.41, 5.74) is 1.04. The summed E-state index contributed by atoms with van der Waals surface area (Å²) in [5, 5.41) is 27.1. The molecule has 0 aliphatic heterocycles. The first-order valence-electron chi connectivity index (χ1n) is 20.3. The minimum Gasteiger partial charge on any atom is -0.497 e. The Kier molecular flexibility index (Phi) is 16.2. The van der Waals surface area contributed by atoms with Crippen molar-refractivity contribution in [3.8, 4) is 23.0 Å². The average Bonchev–Trinajstić information content (AvgIpc) is 4.04. The number of methoxy groups -OCH3 is 4. The molecule has 0 aliphatic rings. The minimum atomic E-state index is -4.05. The van der Waals surface area contributed by atoms with Crippen molar-refractivity contribution in [3.63, 3.8) is 0 Å². The Morgan fingerprint density at radius 3 is 1.06 bits per heavy atom. The van der Waals surface area contributed by atoms with E-state index in [1.807, 2.05) is 24.3 Å². The fourth-order valence-electron chi connectivity index (χ4n) is 6.16. The summed E-state index contributed by atoms with van der Waals surface area (Å²) in [5.74, 6) is 1.60. The second-order valence-electron chi connectivity index (χ2n) is 16.0. The van der Waals surface area contributed by atoms with Crippen molar-refractivity contribution < 1.29 is 50.8 Å². The molecular weight excluding hydrogens is 877 g/mol. The van der Waals surface area contributed by atoms with Crippen LogP contribution in [0.25, 0.3) is 0 Å². The van der Waals surface area contributed by atoms with Gasteiger partial charge in [-0.3, -0.25) is 9.36 Å². The van der Waals surface area contributed by atoms with Crippen LogP contribution < -0.4 is 18.9 Å². The number of hydrogen-bond donors (Lipinski definition) is 2. The molecular formula is C46H56N6O11S2. The van der Waals surface area contributed by atoms with Gasteiger partial charge in [0.05, 0.1) is 40.6 Å². The molecule has 0 aliphatic carbocycles. The first-order chi connectivity index (χ1) is 30.8. The van der Waals surface area contributed by atoms with Gasteiger partial charge >= 0.3 is 5.97 Å². The van der Waals surface area contributed by atoms with Crippen LogP contribution in [-0.2, 0) is 62.1 Å². The SMILES string of the molecule is COc1ccc(CN(Cc2ccc(OC)cc2)S(=O)(=O)c2ccn(C(C)(C)C(=O)O)n2)cc1.COc1ccc(CN(Cc2ccc(OC)cc2)S(=O)(=O)c2ccn(C(C)(C)CO)n2)cc1. The number of ether oxygens (including phenoxy) is 4. The van der Waals surface area contributed by atoms with Crippen LogP contribution in [0, 0.1) is 0 Å². The Hall–Kier alpha value is -6.25. The molecule has 0 bridgehead atoms. The molecule has 0 saturated carbocycles. The third-order valence-electron chi connectivity index (χ3n) is 10.5. The number of aliphatic hydroxyl groups excluding tert-OH is 1. The van der Waals surface area contributed by atoms with Gasteiger partial charge in [0, 0.05) is 38.6 Å². The number of hydrogen-bond acceptors (Lipinski definition) is 12. The predicted octanol–water partition coefficient (Wildman–Crippen LogP) is 6.13. The Labute approximate surface area is 380 Å². The number of rotatable bonds is 20. The lowest BCUT2D eigenvalue weighted by Crippen LogP contribution is -2.36. The van der Waals surface area contributed by atoms with Gasteiger partial charge in [0.2, 0.25) is 0 Å². The molecule has 2 heterocycles. The number of benzene rings is 4. The van der Waals surface area contributed by atoms with Crippen LogP contribution in [0.2, 0.25) is 0 Å². The molecule has 348 valence electrons. The Bertz CT molecular complexity index is 2600. The van der Waals surface area contributed by atoms with E-state index in [1.165, 1.54) is 45.5 Å². The Balaban J connectivity index is 0.000000244. The van der Waals surface area contributed by atoms with Crippen molar-refractivity contribution in [1.82, 2.24) is 28.2 Å². The average molecular weight is 933 g/mol.